The van der Waals surface area contributed by atoms with Crippen LogP contribution in [0.2, 0.25) is 0 Å². The normalized spacial score (nSPS) is 9.56. The topological polar surface area (TPSA) is 69.7 Å². The molecule has 0 radical (unpaired) electrons. The number of carbonyl (C=O) groups excluding carboxylic acids is 3. The lowest BCUT2D eigenvalue weighted by atomic mass is 10.0. The number of ketones is 1. The molecule has 0 spiro atoms. The summed E-state index contributed by atoms with van der Waals surface area (Å²) < 4.78 is 10.4. The van der Waals surface area contributed by atoms with Crippen molar-refractivity contribution in [1.82, 2.24) is 0 Å². The minimum absolute atomic E-state index is 0.238. The average molecular weight is 470 g/mol. The lowest BCUT2D eigenvalue weighted by Crippen LogP contribution is -2.06. The molecule has 0 saturated carbocycles. The maximum Gasteiger partial charge on any atom is 0.390 e. The molecule has 0 saturated heterocycles. The van der Waals surface area contributed by atoms with E-state index in [0.29, 0.717) is 22.3 Å². The SMILES string of the molecule is O=C(C#Cc1ccccc1)Oc1ccc(C(=O)c2ccc(OC(=O)C#Cc3ccccc3)cc2)cc1. The van der Waals surface area contributed by atoms with Crippen molar-refractivity contribution in [3.63, 3.8) is 0 Å². The number of carbonyl (C=O) groups is 3. The van der Waals surface area contributed by atoms with Crippen molar-refractivity contribution in [2.24, 2.45) is 0 Å². The first-order chi connectivity index (χ1) is 17.6. The number of benzene rings is 4. The third kappa shape index (κ3) is 6.81. The van der Waals surface area contributed by atoms with E-state index in [4.69, 9.17) is 9.47 Å². The van der Waals surface area contributed by atoms with E-state index in [1.54, 1.807) is 48.5 Å². The Kier molecular flexibility index (Phi) is 7.69. The van der Waals surface area contributed by atoms with E-state index in [1.807, 2.05) is 36.4 Å². The first-order valence-electron chi connectivity index (χ1n) is 10.9. The van der Waals surface area contributed by atoms with Gasteiger partial charge in [0.2, 0.25) is 0 Å². The van der Waals surface area contributed by atoms with Gasteiger partial charge in [-0.05, 0) is 72.8 Å². The van der Waals surface area contributed by atoms with Crippen LogP contribution < -0.4 is 9.47 Å². The summed E-state index contributed by atoms with van der Waals surface area (Å²) in [7, 11) is 0. The highest BCUT2D eigenvalue weighted by molar-refractivity contribution is 6.09. The summed E-state index contributed by atoms with van der Waals surface area (Å²) in [6, 6.07) is 30.5. The van der Waals surface area contributed by atoms with Gasteiger partial charge in [-0.15, -0.1) is 0 Å². The second-order valence-electron chi connectivity index (χ2n) is 7.39. The zero-order valence-corrected chi connectivity index (χ0v) is 18.9. The van der Waals surface area contributed by atoms with Crippen LogP contribution in [0.25, 0.3) is 0 Å². The largest absolute Gasteiger partial charge is 0.417 e. The highest BCUT2D eigenvalue weighted by Crippen LogP contribution is 2.18. The fraction of sp³-hybridized carbons (Fsp3) is 0. The standard InChI is InChI=1S/C31H18O5/c32-29(21-11-23-7-3-1-4-8-23)35-27-17-13-25(14-18-27)31(34)26-15-19-28(20-16-26)36-30(33)22-12-24-9-5-2-6-10-24/h1-10,13-20H. The van der Waals surface area contributed by atoms with Crippen LogP contribution in [0.3, 0.4) is 0 Å². The Morgan fingerprint density at radius 3 is 1.19 bits per heavy atom. The second kappa shape index (κ2) is 11.7. The molecule has 0 amide bonds. The highest BCUT2D eigenvalue weighted by atomic mass is 16.5. The summed E-state index contributed by atoms with van der Waals surface area (Å²) in [5.41, 5.74) is 2.22. The minimum Gasteiger partial charge on any atom is -0.417 e. The Bertz CT molecular complexity index is 1380. The van der Waals surface area contributed by atoms with Crippen molar-refractivity contribution in [3.8, 4) is 35.2 Å². The summed E-state index contributed by atoms with van der Waals surface area (Å²) in [5.74, 6) is 9.22. The van der Waals surface area contributed by atoms with Crippen molar-refractivity contribution in [2.75, 3.05) is 0 Å². The Morgan fingerprint density at radius 2 is 0.833 bits per heavy atom. The lowest BCUT2D eigenvalue weighted by molar-refractivity contribution is -0.128. The van der Waals surface area contributed by atoms with Crippen LogP contribution in [0.1, 0.15) is 27.0 Å². The smallest absolute Gasteiger partial charge is 0.390 e. The van der Waals surface area contributed by atoms with E-state index in [2.05, 4.69) is 23.7 Å². The van der Waals surface area contributed by atoms with Crippen LogP contribution in [0.4, 0.5) is 0 Å². The third-order valence-electron chi connectivity index (χ3n) is 4.82. The predicted molar refractivity (Wildman–Crippen MR) is 134 cm³/mol. The van der Waals surface area contributed by atoms with Crippen molar-refractivity contribution in [2.45, 2.75) is 0 Å². The fourth-order valence-corrected chi connectivity index (χ4v) is 3.07. The Morgan fingerprint density at radius 1 is 0.472 bits per heavy atom. The van der Waals surface area contributed by atoms with Crippen LogP contribution in [0.5, 0.6) is 11.5 Å². The first-order valence-corrected chi connectivity index (χ1v) is 10.9. The molecular formula is C31H18O5. The number of esters is 2. The number of ether oxygens (including phenoxy) is 2. The zero-order valence-electron chi connectivity index (χ0n) is 18.9. The molecule has 5 nitrogen and oxygen atoms in total. The molecule has 0 atom stereocenters. The van der Waals surface area contributed by atoms with Gasteiger partial charge in [-0.25, -0.2) is 9.59 Å². The van der Waals surface area contributed by atoms with Gasteiger partial charge in [-0.2, -0.15) is 0 Å². The Hall–Kier alpha value is -5.39. The van der Waals surface area contributed by atoms with E-state index in [-0.39, 0.29) is 17.3 Å². The minimum atomic E-state index is -0.698. The summed E-state index contributed by atoms with van der Waals surface area (Å²) in [5, 5.41) is 0. The Balaban J connectivity index is 1.33. The molecule has 0 heterocycles. The van der Waals surface area contributed by atoms with E-state index < -0.39 is 11.9 Å². The van der Waals surface area contributed by atoms with Gasteiger partial charge in [-0.3, -0.25) is 4.79 Å². The van der Waals surface area contributed by atoms with Gasteiger partial charge in [0.25, 0.3) is 0 Å². The summed E-state index contributed by atoms with van der Waals surface area (Å²) in [6.07, 6.45) is 0. The van der Waals surface area contributed by atoms with Gasteiger partial charge in [-0.1, -0.05) is 48.2 Å². The lowest BCUT2D eigenvalue weighted by Gasteiger charge is -2.05. The molecule has 0 aliphatic heterocycles. The van der Waals surface area contributed by atoms with E-state index >= 15 is 0 Å². The third-order valence-corrected chi connectivity index (χ3v) is 4.82. The van der Waals surface area contributed by atoms with Crippen LogP contribution in [0, 0.1) is 23.7 Å². The molecule has 0 aliphatic rings. The molecular weight excluding hydrogens is 452 g/mol. The number of rotatable bonds is 4. The van der Waals surface area contributed by atoms with Gasteiger partial charge in [0.05, 0.1) is 0 Å². The summed E-state index contributed by atoms with van der Waals surface area (Å²) >= 11 is 0. The second-order valence-corrected chi connectivity index (χ2v) is 7.39. The Labute approximate surface area is 208 Å². The maximum atomic E-state index is 12.8. The fourth-order valence-electron chi connectivity index (χ4n) is 3.07. The molecule has 0 aromatic heterocycles. The molecule has 36 heavy (non-hydrogen) atoms. The predicted octanol–water partition coefficient (Wildman–Crippen LogP) is 4.83. The summed E-state index contributed by atoms with van der Waals surface area (Å²) in [4.78, 5) is 36.7. The van der Waals surface area contributed by atoms with Crippen molar-refractivity contribution >= 4 is 17.7 Å². The molecule has 0 unspecified atom stereocenters. The van der Waals surface area contributed by atoms with Gasteiger partial charge < -0.3 is 9.47 Å². The number of hydrogen-bond donors (Lipinski definition) is 0. The molecule has 5 heteroatoms. The van der Waals surface area contributed by atoms with Crippen molar-refractivity contribution in [1.29, 1.82) is 0 Å². The molecule has 0 aliphatic carbocycles. The first kappa shape index (κ1) is 23.8. The quantitative estimate of drug-likeness (QED) is 0.185. The summed E-state index contributed by atoms with van der Waals surface area (Å²) in [6.45, 7) is 0. The molecule has 4 aromatic rings. The van der Waals surface area contributed by atoms with Crippen LogP contribution >= 0.6 is 0 Å². The van der Waals surface area contributed by atoms with Gasteiger partial charge in [0.15, 0.2) is 5.78 Å². The average Bonchev–Trinajstić information content (AvgIpc) is 2.92. The van der Waals surface area contributed by atoms with Crippen LogP contribution in [-0.2, 0) is 9.59 Å². The molecule has 4 rings (SSSR count). The highest BCUT2D eigenvalue weighted by Gasteiger charge is 2.11. The monoisotopic (exact) mass is 470 g/mol. The van der Waals surface area contributed by atoms with Gasteiger partial charge in [0.1, 0.15) is 11.5 Å². The van der Waals surface area contributed by atoms with E-state index in [1.165, 1.54) is 24.3 Å². The molecule has 4 aromatic carbocycles. The number of hydrogen-bond acceptors (Lipinski definition) is 5. The van der Waals surface area contributed by atoms with Crippen molar-refractivity contribution in [3.05, 3.63) is 131 Å². The van der Waals surface area contributed by atoms with Crippen LogP contribution in [0.15, 0.2) is 109 Å². The maximum absolute atomic E-state index is 12.8. The molecule has 172 valence electrons. The molecule has 0 N–H and O–H groups in total. The van der Waals surface area contributed by atoms with Crippen LogP contribution in [-0.4, -0.2) is 17.7 Å². The molecule has 0 fully saturated rings. The molecule has 0 bridgehead atoms. The van der Waals surface area contributed by atoms with Crippen molar-refractivity contribution < 1.29 is 23.9 Å². The van der Waals surface area contributed by atoms with E-state index in [0.717, 1.165) is 0 Å². The van der Waals surface area contributed by atoms with Gasteiger partial charge >= 0.3 is 11.9 Å². The zero-order chi connectivity index (χ0) is 25.2. The van der Waals surface area contributed by atoms with E-state index in [9.17, 15) is 14.4 Å². The van der Waals surface area contributed by atoms with Gasteiger partial charge in [0, 0.05) is 34.1 Å².